The average Bonchev–Trinajstić information content (AvgIpc) is 3.08. The van der Waals surface area contributed by atoms with Gasteiger partial charge in [0.05, 0.1) is 15.8 Å². The maximum atomic E-state index is 12.2. The number of rotatable bonds is 4. The second-order valence-corrected chi connectivity index (χ2v) is 6.35. The smallest absolute Gasteiger partial charge is 0.340 e. The largest absolute Gasteiger partial charge is 0.455 e. The molecule has 1 saturated carbocycles. The normalized spacial score (nSPS) is 14.5. The van der Waals surface area contributed by atoms with Crippen LogP contribution in [0.1, 0.15) is 39.8 Å². The predicted molar refractivity (Wildman–Crippen MR) is 81.5 cm³/mol. The molecular weight excluding hydrogens is 284 g/mol. The van der Waals surface area contributed by atoms with Gasteiger partial charge in [0.1, 0.15) is 11.6 Å². The van der Waals surface area contributed by atoms with Gasteiger partial charge in [-0.3, -0.25) is 0 Å². The molecule has 1 aliphatic rings. The van der Waals surface area contributed by atoms with E-state index in [2.05, 4.69) is 9.97 Å². The molecule has 0 saturated heterocycles. The highest BCUT2D eigenvalue weighted by Gasteiger charge is 2.29. The monoisotopic (exact) mass is 298 g/mol. The number of nitrogens with zero attached hydrogens (tertiary/aromatic N) is 1. The molecule has 0 bridgehead atoms. The summed E-state index contributed by atoms with van der Waals surface area (Å²) in [5, 5.41) is 0.827. The Morgan fingerprint density at radius 1 is 1.33 bits per heavy atom. The highest BCUT2D eigenvalue weighted by Crippen LogP contribution is 2.40. The minimum Gasteiger partial charge on any atom is -0.455 e. The third-order valence-electron chi connectivity index (χ3n) is 3.65. The van der Waals surface area contributed by atoms with Crippen molar-refractivity contribution in [2.45, 2.75) is 25.4 Å². The van der Waals surface area contributed by atoms with Crippen molar-refractivity contribution in [2.75, 3.05) is 0 Å². The molecule has 0 amide bonds. The first-order chi connectivity index (χ1) is 10.3. The fraction of sp³-hybridized carbons (Fsp3) is 0.250. The van der Waals surface area contributed by atoms with E-state index in [1.807, 2.05) is 30.5 Å². The highest BCUT2D eigenvalue weighted by molar-refractivity contribution is 7.18. The van der Waals surface area contributed by atoms with Gasteiger partial charge in [0, 0.05) is 11.9 Å². The number of esters is 1. The quantitative estimate of drug-likeness (QED) is 0.744. The molecule has 1 N–H and O–H groups in total. The van der Waals surface area contributed by atoms with Crippen LogP contribution in [0.3, 0.4) is 0 Å². The van der Waals surface area contributed by atoms with Crippen molar-refractivity contribution in [1.82, 2.24) is 9.97 Å². The van der Waals surface area contributed by atoms with Crippen molar-refractivity contribution >= 4 is 27.5 Å². The van der Waals surface area contributed by atoms with Gasteiger partial charge >= 0.3 is 5.97 Å². The number of thiazole rings is 1. The van der Waals surface area contributed by atoms with Gasteiger partial charge < -0.3 is 9.72 Å². The van der Waals surface area contributed by atoms with E-state index in [0.29, 0.717) is 11.5 Å². The molecule has 3 aromatic rings. The lowest BCUT2D eigenvalue weighted by molar-refractivity contribution is 0.0471. The highest BCUT2D eigenvalue weighted by atomic mass is 32.1. The Bertz CT molecular complexity index is 768. The van der Waals surface area contributed by atoms with Crippen molar-refractivity contribution in [1.29, 1.82) is 0 Å². The van der Waals surface area contributed by atoms with Crippen molar-refractivity contribution in [3.8, 4) is 0 Å². The molecule has 106 valence electrons. The van der Waals surface area contributed by atoms with Crippen LogP contribution in [-0.4, -0.2) is 15.9 Å². The number of hydrogen-bond donors (Lipinski definition) is 1. The first-order valence-electron chi connectivity index (χ1n) is 7.00. The lowest BCUT2D eigenvalue weighted by Crippen LogP contribution is -2.06. The van der Waals surface area contributed by atoms with Gasteiger partial charge in [-0.2, -0.15) is 0 Å². The number of aromatic amines is 1. The summed E-state index contributed by atoms with van der Waals surface area (Å²) in [6.45, 7) is 0.230. The number of hydrogen-bond acceptors (Lipinski definition) is 4. The second kappa shape index (κ2) is 5.00. The number of aromatic nitrogens is 2. The van der Waals surface area contributed by atoms with E-state index in [-0.39, 0.29) is 12.6 Å². The van der Waals surface area contributed by atoms with Crippen LogP contribution in [0.25, 0.3) is 10.2 Å². The molecule has 0 aliphatic heterocycles. The van der Waals surface area contributed by atoms with Crippen molar-refractivity contribution in [3.05, 3.63) is 52.8 Å². The third kappa shape index (κ3) is 2.45. The van der Waals surface area contributed by atoms with E-state index in [1.165, 1.54) is 0 Å². The van der Waals surface area contributed by atoms with E-state index in [1.54, 1.807) is 17.4 Å². The maximum Gasteiger partial charge on any atom is 0.340 e. The minimum atomic E-state index is -0.266. The molecule has 4 nitrogen and oxygen atoms in total. The number of H-pyrrole nitrogens is 1. The molecule has 5 heteroatoms. The van der Waals surface area contributed by atoms with Crippen LogP contribution in [0.5, 0.6) is 0 Å². The van der Waals surface area contributed by atoms with Crippen LogP contribution >= 0.6 is 11.3 Å². The van der Waals surface area contributed by atoms with Gasteiger partial charge in [0.15, 0.2) is 0 Å². The molecule has 4 rings (SSSR count). The second-order valence-electron chi connectivity index (χ2n) is 5.23. The van der Waals surface area contributed by atoms with E-state index < -0.39 is 0 Å². The first-order valence-corrected chi connectivity index (χ1v) is 7.82. The molecule has 0 atom stereocenters. The number of benzene rings is 1. The van der Waals surface area contributed by atoms with Crippen molar-refractivity contribution in [2.24, 2.45) is 0 Å². The Morgan fingerprint density at radius 3 is 3.00 bits per heavy atom. The van der Waals surface area contributed by atoms with E-state index in [0.717, 1.165) is 33.8 Å². The summed E-state index contributed by atoms with van der Waals surface area (Å²) in [6.07, 6.45) is 4.11. The predicted octanol–water partition coefficient (Wildman–Crippen LogP) is 3.86. The Balaban J connectivity index is 1.48. The van der Waals surface area contributed by atoms with Crippen molar-refractivity contribution < 1.29 is 9.53 Å². The zero-order valence-corrected chi connectivity index (χ0v) is 12.2. The Morgan fingerprint density at radius 2 is 2.19 bits per heavy atom. The number of carbonyl (C=O) groups excluding carboxylic acids is 1. The van der Waals surface area contributed by atoms with E-state index in [9.17, 15) is 4.79 Å². The number of para-hydroxylation sites is 1. The summed E-state index contributed by atoms with van der Waals surface area (Å²) in [5.74, 6) is 0.238. The molecule has 1 aliphatic carbocycles. The molecule has 2 heterocycles. The van der Waals surface area contributed by atoms with Gasteiger partial charge in [0.2, 0.25) is 0 Å². The molecule has 0 radical (unpaired) electrons. The molecule has 0 spiro atoms. The van der Waals surface area contributed by atoms with Gasteiger partial charge in [-0.1, -0.05) is 12.1 Å². The summed E-state index contributed by atoms with van der Waals surface area (Å²) >= 11 is 1.56. The summed E-state index contributed by atoms with van der Waals surface area (Å²) in [4.78, 5) is 19.8. The maximum absolute atomic E-state index is 12.2. The fourth-order valence-electron chi connectivity index (χ4n) is 2.46. The first kappa shape index (κ1) is 12.6. The SMILES string of the molecule is O=C(OCc1nc2ccccc2s1)c1cc[nH]c1C1CC1. The molecule has 21 heavy (non-hydrogen) atoms. The molecular formula is C16H14N2O2S. The number of ether oxygens (including phenoxy) is 1. The van der Waals surface area contributed by atoms with Crippen LogP contribution in [0.2, 0.25) is 0 Å². The third-order valence-corrected chi connectivity index (χ3v) is 4.66. The van der Waals surface area contributed by atoms with E-state index >= 15 is 0 Å². The Hall–Kier alpha value is -2.14. The standard InChI is InChI=1S/C16H14N2O2S/c19-16(11-7-8-17-15(11)10-5-6-10)20-9-14-18-12-3-1-2-4-13(12)21-14/h1-4,7-8,10,17H,5-6,9H2. The molecule has 1 aromatic carbocycles. The molecule has 2 aromatic heterocycles. The lowest BCUT2D eigenvalue weighted by Gasteiger charge is -2.03. The average molecular weight is 298 g/mol. The summed E-state index contributed by atoms with van der Waals surface area (Å²) in [7, 11) is 0. The zero-order valence-electron chi connectivity index (χ0n) is 11.3. The van der Waals surface area contributed by atoms with E-state index in [4.69, 9.17) is 4.74 Å². The number of fused-ring (bicyclic) bond motifs is 1. The zero-order chi connectivity index (χ0) is 14.2. The number of nitrogens with one attached hydrogen (secondary N) is 1. The topological polar surface area (TPSA) is 55.0 Å². The summed E-state index contributed by atoms with van der Waals surface area (Å²) in [5.41, 5.74) is 2.64. The van der Waals surface area contributed by atoms with Gasteiger partial charge in [-0.05, 0) is 37.0 Å². The summed E-state index contributed by atoms with van der Waals surface area (Å²) < 4.78 is 6.52. The summed E-state index contributed by atoms with van der Waals surface area (Å²) in [6, 6.07) is 9.73. The fourth-order valence-corrected chi connectivity index (χ4v) is 3.34. The van der Waals surface area contributed by atoms with Gasteiger partial charge in [-0.15, -0.1) is 11.3 Å². The Labute approximate surface area is 125 Å². The molecule has 0 unspecified atom stereocenters. The van der Waals surface area contributed by atoms with Crippen LogP contribution in [0.4, 0.5) is 0 Å². The van der Waals surface area contributed by atoms with Crippen LogP contribution in [-0.2, 0) is 11.3 Å². The number of carbonyl (C=O) groups is 1. The van der Waals surface area contributed by atoms with Crippen LogP contribution in [0.15, 0.2) is 36.5 Å². The van der Waals surface area contributed by atoms with Gasteiger partial charge in [-0.25, -0.2) is 9.78 Å². The van der Waals surface area contributed by atoms with Crippen LogP contribution in [0, 0.1) is 0 Å². The minimum absolute atomic E-state index is 0.230. The van der Waals surface area contributed by atoms with Gasteiger partial charge in [0.25, 0.3) is 0 Å². The molecule has 1 fully saturated rings. The van der Waals surface area contributed by atoms with Crippen molar-refractivity contribution in [3.63, 3.8) is 0 Å². The Kier molecular flexibility index (Phi) is 3.00. The lowest BCUT2D eigenvalue weighted by atomic mass is 10.2. The van der Waals surface area contributed by atoms with Crippen LogP contribution < -0.4 is 0 Å².